The van der Waals surface area contributed by atoms with E-state index >= 15 is 0 Å². The smallest absolute Gasteiger partial charge is 0.332 e. The number of aryl methyl sites for hydroxylation is 1. The molecule has 0 amide bonds. The summed E-state index contributed by atoms with van der Waals surface area (Å²) < 4.78 is 7.20. The monoisotopic (exact) mass is 569 g/mol. The second-order valence-corrected chi connectivity index (χ2v) is 10.3. The summed E-state index contributed by atoms with van der Waals surface area (Å²) in [6.07, 6.45) is 2.83. The molecule has 0 unspecified atom stereocenters. The van der Waals surface area contributed by atoms with Crippen LogP contribution in [0.25, 0.3) is 22.5 Å². The molecule has 0 spiro atoms. The Kier molecular flexibility index (Phi) is 8.56. The number of halogens is 1. The van der Waals surface area contributed by atoms with Gasteiger partial charge in [-0.1, -0.05) is 104 Å². The number of rotatable bonds is 11. The van der Waals surface area contributed by atoms with Crippen LogP contribution in [0.4, 0.5) is 0 Å². The number of tetrazole rings is 1. The Morgan fingerprint density at radius 1 is 1.00 bits per heavy atom. The van der Waals surface area contributed by atoms with Crippen molar-refractivity contribution in [3.05, 3.63) is 107 Å². The van der Waals surface area contributed by atoms with Crippen molar-refractivity contribution in [1.82, 2.24) is 30.2 Å². The molecule has 210 valence electrons. The van der Waals surface area contributed by atoms with Crippen molar-refractivity contribution < 1.29 is 9.53 Å². The minimum absolute atomic E-state index is 0.213. The zero-order valence-electron chi connectivity index (χ0n) is 23.0. The van der Waals surface area contributed by atoms with Gasteiger partial charge in [0.15, 0.2) is 10.7 Å². The van der Waals surface area contributed by atoms with Crippen LogP contribution in [-0.2, 0) is 34.5 Å². The number of carbonyl (C=O) groups excluding carboxylic acids is 1. The zero-order chi connectivity index (χ0) is 28.8. The zero-order valence-corrected chi connectivity index (χ0v) is 23.8. The molecule has 2 aromatic heterocycles. The van der Waals surface area contributed by atoms with Crippen LogP contribution in [0.1, 0.15) is 42.4 Å². The summed E-state index contributed by atoms with van der Waals surface area (Å²) in [6.45, 7) is 2.56. The molecule has 0 saturated heterocycles. The summed E-state index contributed by atoms with van der Waals surface area (Å²) >= 11 is 6.78. The molecule has 10 heteroatoms. The molecule has 0 saturated carbocycles. The number of aromatic nitrogens is 6. The van der Waals surface area contributed by atoms with Gasteiger partial charge in [0.05, 0.1) is 12.8 Å². The highest BCUT2D eigenvalue weighted by Crippen LogP contribution is 2.34. The molecule has 9 nitrogen and oxygen atoms in total. The van der Waals surface area contributed by atoms with Gasteiger partial charge in [-0.2, -0.15) is 5.21 Å². The van der Waals surface area contributed by atoms with Crippen molar-refractivity contribution >= 4 is 17.6 Å². The van der Waals surface area contributed by atoms with Gasteiger partial charge in [-0.3, -0.25) is 0 Å². The molecule has 2 heterocycles. The van der Waals surface area contributed by atoms with Gasteiger partial charge >= 0.3 is 5.97 Å². The van der Waals surface area contributed by atoms with E-state index in [0.717, 1.165) is 46.5 Å². The molecular formula is C31H32ClN7O2. The number of benzene rings is 3. The van der Waals surface area contributed by atoms with E-state index in [9.17, 15) is 4.79 Å². The number of nitrogens with zero attached hydrogens (tertiary/aromatic N) is 5. The molecule has 0 aliphatic rings. The van der Waals surface area contributed by atoms with Crippen LogP contribution in [0, 0.1) is 0 Å². The number of H-pyrrole nitrogens is 1. The average molecular weight is 570 g/mol. The van der Waals surface area contributed by atoms with Gasteiger partial charge < -0.3 is 15.0 Å². The molecule has 0 fully saturated rings. The highest BCUT2D eigenvalue weighted by Gasteiger charge is 2.43. The first-order chi connectivity index (χ1) is 19.9. The molecule has 0 radical (unpaired) electrons. The molecule has 5 aromatic rings. The van der Waals surface area contributed by atoms with Crippen molar-refractivity contribution in [2.45, 2.75) is 44.7 Å². The summed E-state index contributed by atoms with van der Waals surface area (Å²) in [5.74, 6) is 0.744. The Morgan fingerprint density at radius 2 is 1.71 bits per heavy atom. The molecule has 5 rings (SSSR count). The predicted molar refractivity (Wildman–Crippen MR) is 158 cm³/mol. The predicted octanol–water partition coefficient (Wildman–Crippen LogP) is 5.34. The normalized spacial score (nSPS) is 12.7. The maximum Gasteiger partial charge on any atom is 0.332 e. The molecule has 3 N–H and O–H groups in total. The lowest BCUT2D eigenvalue weighted by atomic mass is 9.88. The van der Waals surface area contributed by atoms with Gasteiger partial charge in [-0.05, 0) is 33.9 Å². The van der Waals surface area contributed by atoms with Crippen molar-refractivity contribution in [3.8, 4) is 22.5 Å². The number of imidazole rings is 1. The fourth-order valence-corrected chi connectivity index (χ4v) is 5.49. The number of ether oxygens (including phenoxy) is 1. The fourth-order valence-electron chi connectivity index (χ4n) is 5.12. The second kappa shape index (κ2) is 12.4. The third kappa shape index (κ3) is 5.91. The number of nitrogens with two attached hydrogens (primary N) is 1. The van der Waals surface area contributed by atoms with Crippen LogP contribution in [0.3, 0.4) is 0 Å². The summed E-state index contributed by atoms with van der Waals surface area (Å²) in [4.78, 5) is 18.0. The number of hydrogen-bond donors (Lipinski definition) is 2. The molecular weight excluding hydrogens is 538 g/mol. The molecule has 1 atom stereocenters. The Balaban J connectivity index is 1.54. The van der Waals surface area contributed by atoms with Gasteiger partial charge in [0.25, 0.3) is 0 Å². The van der Waals surface area contributed by atoms with Crippen molar-refractivity contribution in [2.75, 3.05) is 7.11 Å². The highest BCUT2D eigenvalue weighted by atomic mass is 35.5. The summed E-state index contributed by atoms with van der Waals surface area (Å²) in [5.41, 5.74) is 10.6. The third-order valence-corrected chi connectivity index (χ3v) is 7.44. The number of esters is 1. The van der Waals surface area contributed by atoms with Crippen LogP contribution in [0.2, 0.25) is 5.15 Å². The van der Waals surface area contributed by atoms with E-state index in [4.69, 9.17) is 27.1 Å². The first kappa shape index (κ1) is 28.2. The lowest BCUT2D eigenvalue weighted by Crippen LogP contribution is -2.49. The first-order valence-electron chi connectivity index (χ1n) is 13.5. The summed E-state index contributed by atoms with van der Waals surface area (Å²) in [5, 5.41) is 14.7. The summed E-state index contributed by atoms with van der Waals surface area (Å²) in [6, 6.07) is 25.7. The van der Waals surface area contributed by atoms with Crippen LogP contribution in [-0.4, -0.2) is 43.3 Å². The number of nitrogens with one attached hydrogen (secondary N) is 1. The van der Waals surface area contributed by atoms with Crippen LogP contribution in [0.15, 0.2) is 78.9 Å². The number of hydrogen-bond acceptors (Lipinski definition) is 7. The summed E-state index contributed by atoms with van der Waals surface area (Å²) in [7, 11) is 1.34. The largest absolute Gasteiger partial charge is 0.467 e. The van der Waals surface area contributed by atoms with Crippen LogP contribution >= 0.6 is 11.6 Å². The van der Waals surface area contributed by atoms with E-state index < -0.39 is 11.5 Å². The number of methoxy groups -OCH3 is 1. The van der Waals surface area contributed by atoms with E-state index in [-0.39, 0.29) is 11.6 Å². The molecule has 0 bridgehead atoms. The van der Waals surface area contributed by atoms with E-state index in [1.54, 1.807) is 0 Å². The molecule has 0 aliphatic carbocycles. The van der Waals surface area contributed by atoms with E-state index in [1.165, 1.54) is 7.11 Å². The van der Waals surface area contributed by atoms with E-state index in [0.29, 0.717) is 24.5 Å². The standard InChI is InChI=1S/C31H32ClN7O2/c1-3-4-14-26-34-28(32)27(31(33,30(40)41-2)19-21-10-6-5-7-11-21)39(26)20-22-15-17-23(18-16-22)24-12-8-9-13-25(24)29-35-37-38-36-29/h5-13,15-18H,3-4,14,19-20,33H2,1-2H3,(H,35,36,37,38)/t31-/m1/s1. The maximum atomic E-state index is 13.3. The minimum atomic E-state index is -1.53. The number of unbranched alkanes of at least 4 members (excludes halogenated alkanes) is 1. The van der Waals surface area contributed by atoms with Gasteiger partial charge in [0.2, 0.25) is 5.82 Å². The average Bonchev–Trinajstić information content (AvgIpc) is 3.65. The molecule has 3 aromatic carbocycles. The SMILES string of the molecule is CCCCc1nc(Cl)c([C@](N)(Cc2ccccc2)C(=O)OC)n1Cc1ccc(-c2ccccc2-c2nn[nH]n2)cc1. The first-order valence-corrected chi connectivity index (χ1v) is 13.9. The number of aromatic amines is 1. The minimum Gasteiger partial charge on any atom is -0.467 e. The lowest BCUT2D eigenvalue weighted by Gasteiger charge is -2.29. The van der Waals surface area contributed by atoms with Crippen LogP contribution in [0.5, 0.6) is 0 Å². The van der Waals surface area contributed by atoms with E-state index in [2.05, 4.69) is 51.8 Å². The maximum absolute atomic E-state index is 13.3. The van der Waals surface area contributed by atoms with Crippen molar-refractivity contribution in [2.24, 2.45) is 5.73 Å². The van der Waals surface area contributed by atoms with Gasteiger partial charge in [0, 0.05) is 24.9 Å². The second-order valence-electron chi connectivity index (χ2n) is 9.96. The fraction of sp³-hybridized carbons (Fsp3) is 0.258. The Morgan fingerprint density at radius 3 is 2.37 bits per heavy atom. The van der Waals surface area contributed by atoms with Gasteiger partial charge in [-0.15, -0.1) is 10.2 Å². The van der Waals surface area contributed by atoms with Crippen molar-refractivity contribution in [3.63, 3.8) is 0 Å². The van der Waals surface area contributed by atoms with Gasteiger partial charge in [-0.25, -0.2) is 9.78 Å². The third-order valence-electron chi connectivity index (χ3n) is 7.17. The molecule has 0 aliphatic heterocycles. The Labute approximate surface area is 243 Å². The quantitative estimate of drug-likeness (QED) is 0.206. The topological polar surface area (TPSA) is 125 Å². The van der Waals surface area contributed by atoms with Crippen molar-refractivity contribution in [1.29, 1.82) is 0 Å². The lowest BCUT2D eigenvalue weighted by molar-refractivity contribution is -0.147. The highest BCUT2D eigenvalue weighted by molar-refractivity contribution is 6.30. The van der Waals surface area contributed by atoms with Gasteiger partial charge in [0.1, 0.15) is 5.82 Å². The number of carbonyl (C=O) groups is 1. The molecule has 41 heavy (non-hydrogen) atoms. The van der Waals surface area contributed by atoms with E-state index in [1.807, 2.05) is 59.2 Å². The Hall–Kier alpha value is -4.34. The Bertz CT molecular complexity index is 1600. The van der Waals surface area contributed by atoms with Crippen LogP contribution < -0.4 is 5.73 Å².